The number of nitrogens with two attached hydrogens (primary N) is 1. The zero-order valence-corrected chi connectivity index (χ0v) is 7.69. The quantitative estimate of drug-likeness (QED) is 0.710. The minimum absolute atomic E-state index is 0.362. The van der Waals surface area contributed by atoms with Crippen LogP contribution in [0, 0.1) is 0 Å². The summed E-state index contributed by atoms with van der Waals surface area (Å²) in [7, 11) is 0. The largest absolute Gasteiger partial charge is 0.367 e. The predicted octanol–water partition coefficient (Wildman–Crippen LogP) is -0.0439. The molecule has 0 saturated carbocycles. The van der Waals surface area contributed by atoms with E-state index in [2.05, 4.69) is 15.0 Å². The number of nitrogen functional groups attached to an aromatic ring is 1. The van der Waals surface area contributed by atoms with Gasteiger partial charge in [-0.25, -0.2) is 9.67 Å². The van der Waals surface area contributed by atoms with Crippen molar-refractivity contribution in [2.45, 2.75) is 19.4 Å². The van der Waals surface area contributed by atoms with Gasteiger partial charge in [0.05, 0.1) is 6.54 Å². The maximum Gasteiger partial charge on any atom is 0.239 e. The van der Waals surface area contributed by atoms with Crippen molar-refractivity contribution < 1.29 is 0 Å². The Morgan fingerprint density at radius 3 is 2.69 bits per heavy atom. The summed E-state index contributed by atoms with van der Waals surface area (Å²) in [5.41, 5.74) is 5.41. The third kappa shape index (κ3) is 2.18. The second-order valence-corrected chi connectivity index (χ2v) is 3.41. The summed E-state index contributed by atoms with van der Waals surface area (Å²) in [6.45, 7) is 4.40. The molecule has 0 atom stereocenters. The Hall–Kier alpha value is -1.10. The van der Waals surface area contributed by atoms with E-state index in [0.717, 1.165) is 13.1 Å². The van der Waals surface area contributed by atoms with Crippen LogP contribution < -0.4 is 5.73 Å². The maximum absolute atomic E-state index is 5.41. The van der Waals surface area contributed by atoms with Gasteiger partial charge >= 0.3 is 0 Å². The fraction of sp³-hybridized carbons (Fsp3) is 0.750. The van der Waals surface area contributed by atoms with Gasteiger partial charge in [-0.05, 0) is 25.9 Å². The number of aromatic nitrogens is 3. The molecular formula is C8H15N5. The molecule has 1 aliphatic rings. The number of hydrogen-bond acceptors (Lipinski definition) is 4. The topological polar surface area (TPSA) is 60.0 Å². The van der Waals surface area contributed by atoms with Crippen LogP contribution >= 0.6 is 0 Å². The lowest BCUT2D eigenvalue weighted by Gasteiger charge is -2.13. The molecule has 2 rings (SSSR count). The summed E-state index contributed by atoms with van der Waals surface area (Å²) in [6, 6.07) is 0. The van der Waals surface area contributed by atoms with Gasteiger partial charge in [-0.15, -0.1) is 5.10 Å². The highest BCUT2D eigenvalue weighted by Gasteiger charge is 2.10. The SMILES string of the molecule is Nc1ncn(CCN2CCCC2)n1. The molecule has 1 aromatic heterocycles. The summed E-state index contributed by atoms with van der Waals surface area (Å²) >= 11 is 0. The van der Waals surface area contributed by atoms with E-state index in [1.165, 1.54) is 25.9 Å². The van der Waals surface area contributed by atoms with Gasteiger partial charge in [0.25, 0.3) is 0 Å². The molecule has 0 amide bonds. The standard InChI is InChI=1S/C8H15N5/c9-8-10-7-13(11-8)6-5-12-3-1-2-4-12/h7H,1-6H2,(H2,9,11). The number of nitrogens with zero attached hydrogens (tertiary/aromatic N) is 4. The lowest BCUT2D eigenvalue weighted by molar-refractivity contribution is 0.315. The van der Waals surface area contributed by atoms with Crippen LogP contribution in [0.15, 0.2) is 6.33 Å². The minimum Gasteiger partial charge on any atom is -0.367 e. The fourth-order valence-electron chi connectivity index (χ4n) is 1.67. The van der Waals surface area contributed by atoms with Crippen LogP contribution in [0.25, 0.3) is 0 Å². The molecule has 0 radical (unpaired) electrons. The number of likely N-dealkylation sites (tertiary alicyclic amines) is 1. The molecule has 0 spiro atoms. The molecule has 1 aliphatic heterocycles. The lowest BCUT2D eigenvalue weighted by Crippen LogP contribution is -2.24. The summed E-state index contributed by atoms with van der Waals surface area (Å²) in [5.74, 6) is 0.362. The summed E-state index contributed by atoms with van der Waals surface area (Å²) < 4.78 is 1.80. The molecule has 0 aromatic carbocycles. The Kier molecular flexibility index (Phi) is 2.44. The molecule has 0 unspecified atom stereocenters. The lowest BCUT2D eigenvalue weighted by atomic mass is 10.4. The summed E-state index contributed by atoms with van der Waals surface area (Å²) in [6.07, 6.45) is 4.35. The van der Waals surface area contributed by atoms with Crippen molar-refractivity contribution in [1.29, 1.82) is 0 Å². The average Bonchev–Trinajstić information content (AvgIpc) is 2.71. The molecule has 5 heteroatoms. The molecule has 13 heavy (non-hydrogen) atoms. The van der Waals surface area contributed by atoms with E-state index >= 15 is 0 Å². The average molecular weight is 181 g/mol. The first-order chi connectivity index (χ1) is 6.34. The van der Waals surface area contributed by atoms with E-state index in [-0.39, 0.29) is 0 Å². The van der Waals surface area contributed by atoms with Gasteiger partial charge < -0.3 is 10.6 Å². The Labute approximate surface area is 77.5 Å². The second kappa shape index (κ2) is 3.74. The molecule has 2 N–H and O–H groups in total. The first-order valence-electron chi connectivity index (χ1n) is 4.72. The van der Waals surface area contributed by atoms with Gasteiger partial charge in [0.2, 0.25) is 5.95 Å². The van der Waals surface area contributed by atoms with E-state index in [1.807, 2.05) is 0 Å². The monoisotopic (exact) mass is 181 g/mol. The minimum atomic E-state index is 0.362. The molecule has 2 heterocycles. The van der Waals surface area contributed by atoms with E-state index in [0.29, 0.717) is 5.95 Å². The van der Waals surface area contributed by atoms with E-state index in [1.54, 1.807) is 11.0 Å². The van der Waals surface area contributed by atoms with E-state index < -0.39 is 0 Å². The van der Waals surface area contributed by atoms with Gasteiger partial charge in [-0.1, -0.05) is 0 Å². The third-order valence-electron chi connectivity index (χ3n) is 2.40. The van der Waals surface area contributed by atoms with Crippen molar-refractivity contribution in [2.75, 3.05) is 25.4 Å². The number of anilines is 1. The number of hydrogen-bond donors (Lipinski definition) is 1. The van der Waals surface area contributed by atoms with E-state index in [9.17, 15) is 0 Å². The van der Waals surface area contributed by atoms with Crippen LogP contribution in [-0.4, -0.2) is 39.3 Å². The molecule has 0 aliphatic carbocycles. The molecule has 72 valence electrons. The molecule has 1 fully saturated rings. The van der Waals surface area contributed by atoms with E-state index in [4.69, 9.17) is 5.73 Å². The Bertz CT molecular complexity index is 263. The van der Waals surface area contributed by atoms with Crippen LogP contribution in [0.2, 0.25) is 0 Å². The van der Waals surface area contributed by atoms with Crippen molar-refractivity contribution >= 4 is 5.95 Å². The normalized spacial score (nSPS) is 18.2. The van der Waals surface area contributed by atoms with Crippen molar-refractivity contribution in [2.24, 2.45) is 0 Å². The molecule has 1 aromatic rings. The zero-order chi connectivity index (χ0) is 9.10. The summed E-state index contributed by atoms with van der Waals surface area (Å²) in [5, 5.41) is 4.03. The molecule has 0 bridgehead atoms. The Morgan fingerprint density at radius 1 is 1.31 bits per heavy atom. The molecular weight excluding hydrogens is 166 g/mol. The van der Waals surface area contributed by atoms with Crippen LogP contribution in [-0.2, 0) is 6.54 Å². The Balaban J connectivity index is 1.78. The smallest absolute Gasteiger partial charge is 0.239 e. The van der Waals surface area contributed by atoms with Crippen molar-refractivity contribution in [3.05, 3.63) is 6.33 Å². The van der Waals surface area contributed by atoms with Gasteiger partial charge in [-0.2, -0.15) is 0 Å². The highest BCUT2D eigenvalue weighted by Crippen LogP contribution is 2.06. The summed E-state index contributed by atoms with van der Waals surface area (Å²) in [4.78, 5) is 6.32. The molecule has 1 saturated heterocycles. The van der Waals surface area contributed by atoms with Crippen LogP contribution in [0.1, 0.15) is 12.8 Å². The van der Waals surface area contributed by atoms with Gasteiger partial charge in [0.15, 0.2) is 0 Å². The van der Waals surface area contributed by atoms with Crippen molar-refractivity contribution in [3.8, 4) is 0 Å². The Morgan fingerprint density at radius 2 is 2.08 bits per heavy atom. The maximum atomic E-state index is 5.41. The van der Waals surface area contributed by atoms with Gasteiger partial charge in [0.1, 0.15) is 6.33 Å². The van der Waals surface area contributed by atoms with Gasteiger partial charge in [-0.3, -0.25) is 0 Å². The first-order valence-corrected chi connectivity index (χ1v) is 4.72. The van der Waals surface area contributed by atoms with Crippen molar-refractivity contribution in [3.63, 3.8) is 0 Å². The third-order valence-corrected chi connectivity index (χ3v) is 2.40. The van der Waals surface area contributed by atoms with Crippen LogP contribution in [0.3, 0.4) is 0 Å². The molecule has 5 nitrogen and oxygen atoms in total. The van der Waals surface area contributed by atoms with Crippen LogP contribution in [0.5, 0.6) is 0 Å². The fourth-order valence-corrected chi connectivity index (χ4v) is 1.67. The number of rotatable bonds is 3. The predicted molar refractivity (Wildman–Crippen MR) is 50.1 cm³/mol. The highest BCUT2D eigenvalue weighted by molar-refractivity contribution is 5.09. The highest BCUT2D eigenvalue weighted by atomic mass is 15.4. The first kappa shape index (κ1) is 8.50. The van der Waals surface area contributed by atoms with Gasteiger partial charge in [0, 0.05) is 6.54 Å². The van der Waals surface area contributed by atoms with Crippen molar-refractivity contribution in [1.82, 2.24) is 19.7 Å². The second-order valence-electron chi connectivity index (χ2n) is 3.41. The zero-order valence-electron chi connectivity index (χ0n) is 7.69. The van der Waals surface area contributed by atoms with Crippen LogP contribution in [0.4, 0.5) is 5.95 Å².